The molecule has 136 valence electrons. The third kappa shape index (κ3) is 5.21. The van der Waals surface area contributed by atoms with E-state index in [1.54, 1.807) is 12.3 Å². The molecule has 2 N–H and O–H groups in total. The van der Waals surface area contributed by atoms with E-state index in [-0.39, 0.29) is 29.0 Å². The van der Waals surface area contributed by atoms with Gasteiger partial charge in [0.15, 0.2) is 10.9 Å². The fourth-order valence-corrected chi connectivity index (χ4v) is 2.17. The Labute approximate surface area is 154 Å². The number of ether oxygens (including phenoxy) is 2. The average Bonchev–Trinajstić information content (AvgIpc) is 2.66. The van der Waals surface area contributed by atoms with Crippen LogP contribution in [0.4, 0.5) is 5.69 Å². The lowest BCUT2D eigenvalue weighted by molar-refractivity contribution is -0.386. The third-order valence-electron chi connectivity index (χ3n) is 3.27. The van der Waals surface area contributed by atoms with Crippen LogP contribution in [0.3, 0.4) is 0 Å². The molecule has 8 nitrogen and oxygen atoms in total. The Balaban J connectivity index is 2.33. The summed E-state index contributed by atoms with van der Waals surface area (Å²) in [7, 11) is 1.42. The summed E-state index contributed by atoms with van der Waals surface area (Å²) in [6, 6.07) is 12.3. The van der Waals surface area contributed by atoms with Gasteiger partial charge in [-0.1, -0.05) is 42.1 Å². The minimum atomic E-state index is -0.528. The number of amidine groups is 1. The van der Waals surface area contributed by atoms with E-state index in [2.05, 4.69) is 10.2 Å². The molecule has 0 amide bonds. The molecule has 0 spiro atoms. The second kappa shape index (κ2) is 9.42. The van der Waals surface area contributed by atoms with Crippen LogP contribution >= 0.6 is 11.8 Å². The summed E-state index contributed by atoms with van der Waals surface area (Å²) in [5.74, 6) is 0.295. The van der Waals surface area contributed by atoms with E-state index in [1.807, 2.05) is 30.3 Å². The molecule has 0 heterocycles. The molecule has 26 heavy (non-hydrogen) atoms. The Morgan fingerprint density at radius 1 is 1.35 bits per heavy atom. The molecule has 0 aliphatic rings. The minimum Gasteiger partial charge on any atom is -0.493 e. The number of benzene rings is 2. The molecule has 0 saturated carbocycles. The van der Waals surface area contributed by atoms with E-state index < -0.39 is 4.92 Å². The van der Waals surface area contributed by atoms with Crippen molar-refractivity contribution >= 4 is 28.8 Å². The Morgan fingerprint density at radius 3 is 2.69 bits per heavy atom. The molecule has 0 aliphatic carbocycles. The van der Waals surface area contributed by atoms with Crippen LogP contribution in [0.5, 0.6) is 11.5 Å². The first-order valence-electron chi connectivity index (χ1n) is 7.48. The van der Waals surface area contributed by atoms with Gasteiger partial charge in [0.05, 0.1) is 18.2 Å². The summed E-state index contributed by atoms with van der Waals surface area (Å²) in [5, 5.41) is 19.3. The van der Waals surface area contributed by atoms with Crippen molar-refractivity contribution in [2.45, 2.75) is 6.61 Å². The lowest BCUT2D eigenvalue weighted by Crippen LogP contribution is -2.04. The van der Waals surface area contributed by atoms with Crippen LogP contribution in [0, 0.1) is 10.1 Å². The quantitative estimate of drug-likeness (QED) is 0.345. The topological polar surface area (TPSA) is 112 Å². The lowest BCUT2D eigenvalue weighted by atomic mass is 10.1. The van der Waals surface area contributed by atoms with Crippen molar-refractivity contribution in [3.63, 3.8) is 0 Å². The number of hydrogen-bond acceptors (Lipinski definition) is 7. The van der Waals surface area contributed by atoms with E-state index in [0.29, 0.717) is 5.56 Å². The largest absolute Gasteiger partial charge is 0.493 e. The molecule has 0 aliphatic heterocycles. The molecule has 9 heteroatoms. The number of methoxy groups -OCH3 is 1. The van der Waals surface area contributed by atoms with Gasteiger partial charge in [-0.05, 0) is 17.9 Å². The zero-order valence-electron chi connectivity index (χ0n) is 14.3. The number of nitrogens with zero attached hydrogens (tertiary/aromatic N) is 3. The van der Waals surface area contributed by atoms with E-state index >= 15 is 0 Å². The number of nitro groups is 1. The van der Waals surface area contributed by atoms with Crippen molar-refractivity contribution in [1.82, 2.24) is 0 Å². The minimum absolute atomic E-state index is 0.0608. The predicted octanol–water partition coefficient (Wildman–Crippen LogP) is 3.19. The van der Waals surface area contributed by atoms with E-state index in [9.17, 15) is 10.1 Å². The second-order valence-corrected chi connectivity index (χ2v) is 5.82. The van der Waals surface area contributed by atoms with Gasteiger partial charge in [-0.15, -0.1) is 5.10 Å². The van der Waals surface area contributed by atoms with E-state index in [1.165, 1.54) is 31.2 Å². The Hall–Kier alpha value is -3.07. The van der Waals surface area contributed by atoms with Crippen LogP contribution in [0.2, 0.25) is 0 Å². The highest BCUT2D eigenvalue weighted by molar-refractivity contribution is 8.13. The zero-order valence-corrected chi connectivity index (χ0v) is 15.1. The summed E-state index contributed by atoms with van der Waals surface area (Å²) in [4.78, 5) is 10.9. The maximum Gasteiger partial charge on any atom is 0.315 e. The molecule has 0 radical (unpaired) electrons. The molecule has 0 unspecified atom stereocenters. The van der Waals surface area contributed by atoms with Gasteiger partial charge in [-0.3, -0.25) is 10.1 Å². The summed E-state index contributed by atoms with van der Waals surface area (Å²) in [5.41, 5.74) is 6.65. The van der Waals surface area contributed by atoms with Gasteiger partial charge >= 0.3 is 5.69 Å². The van der Waals surface area contributed by atoms with Gasteiger partial charge in [0.1, 0.15) is 6.61 Å². The maximum absolute atomic E-state index is 11.5. The zero-order chi connectivity index (χ0) is 18.9. The van der Waals surface area contributed by atoms with Crippen LogP contribution in [0.1, 0.15) is 11.1 Å². The van der Waals surface area contributed by atoms with Crippen molar-refractivity contribution in [3.05, 3.63) is 63.7 Å². The maximum atomic E-state index is 11.5. The molecule has 0 aromatic heterocycles. The molecule has 0 saturated heterocycles. The SMILES string of the molecule is COc1cc(/C=N\N=C(/N)SC)cc([N+](=O)[O-])c1OCc1ccccc1. The third-order valence-corrected chi connectivity index (χ3v) is 3.77. The first-order chi connectivity index (χ1) is 12.5. The number of nitro benzene ring substituents is 1. The van der Waals surface area contributed by atoms with Crippen LogP contribution in [0.15, 0.2) is 52.7 Å². The molecular formula is C17H18N4O4S. The van der Waals surface area contributed by atoms with Crippen molar-refractivity contribution in [1.29, 1.82) is 0 Å². The summed E-state index contributed by atoms with van der Waals surface area (Å²) < 4.78 is 10.9. The number of hydrogen-bond donors (Lipinski definition) is 1. The van der Waals surface area contributed by atoms with Crippen LogP contribution in [0.25, 0.3) is 0 Å². The monoisotopic (exact) mass is 374 g/mol. The molecule has 0 atom stereocenters. The summed E-state index contributed by atoms with van der Waals surface area (Å²) >= 11 is 1.24. The van der Waals surface area contributed by atoms with Crippen molar-refractivity contribution in [2.24, 2.45) is 15.9 Å². The molecule has 2 rings (SSSR count). The predicted molar refractivity (Wildman–Crippen MR) is 103 cm³/mol. The fraction of sp³-hybridized carbons (Fsp3) is 0.176. The van der Waals surface area contributed by atoms with Crippen molar-refractivity contribution < 1.29 is 14.4 Å². The molecule has 2 aromatic rings. The molecule has 2 aromatic carbocycles. The van der Waals surface area contributed by atoms with Gasteiger partial charge in [-0.25, -0.2) is 0 Å². The first-order valence-corrected chi connectivity index (χ1v) is 8.71. The normalized spacial score (nSPS) is 11.5. The summed E-state index contributed by atoms with van der Waals surface area (Å²) in [6.45, 7) is 0.181. The van der Waals surface area contributed by atoms with Gasteiger partial charge in [0.2, 0.25) is 5.75 Å². The Bertz CT molecular complexity index is 825. The highest BCUT2D eigenvalue weighted by Gasteiger charge is 2.22. The Morgan fingerprint density at radius 2 is 2.08 bits per heavy atom. The smallest absolute Gasteiger partial charge is 0.315 e. The number of nitrogens with two attached hydrogens (primary N) is 1. The molecule has 0 bridgehead atoms. The molecular weight excluding hydrogens is 356 g/mol. The van der Waals surface area contributed by atoms with Gasteiger partial charge in [0, 0.05) is 11.6 Å². The van der Waals surface area contributed by atoms with E-state index in [0.717, 1.165) is 5.56 Å². The highest BCUT2D eigenvalue weighted by atomic mass is 32.2. The second-order valence-electron chi connectivity index (χ2n) is 4.99. The number of thioether (sulfide) groups is 1. The lowest BCUT2D eigenvalue weighted by Gasteiger charge is -2.12. The highest BCUT2D eigenvalue weighted by Crippen LogP contribution is 2.38. The number of rotatable bonds is 7. The fourth-order valence-electron chi connectivity index (χ4n) is 2.04. The van der Waals surface area contributed by atoms with Gasteiger partial charge in [0.25, 0.3) is 0 Å². The van der Waals surface area contributed by atoms with Crippen LogP contribution in [-0.4, -0.2) is 29.7 Å². The van der Waals surface area contributed by atoms with Gasteiger partial charge < -0.3 is 15.2 Å². The van der Waals surface area contributed by atoms with Crippen LogP contribution < -0.4 is 15.2 Å². The van der Waals surface area contributed by atoms with Crippen LogP contribution in [-0.2, 0) is 6.61 Å². The molecule has 0 fully saturated rings. The van der Waals surface area contributed by atoms with Gasteiger partial charge in [-0.2, -0.15) is 5.10 Å². The summed E-state index contributed by atoms with van der Waals surface area (Å²) in [6.07, 6.45) is 3.13. The van der Waals surface area contributed by atoms with E-state index in [4.69, 9.17) is 15.2 Å². The Kier molecular flexibility index (Phi) is 6.98. The van der Waals surface area contributed by atoms with Crippen molar-refractivity contribution in [2.75, 3.05) is 13.4 Å². The average molecular weight is 374 g/mol. The first kappa shape index (κ1) is 19.3. The standard InChI is InChI=1S/C17H18N4O4S/c1-24-15-9-13(10-19-20-17(18)26-2)8-14(21(22)23)16(15)25-11-12-6-4-3-5-7-12/h3-10H,11H2,1-2H3,(H2,18,20)/b19-10-. The van der Waals surface area contributed by atoms with Crippen molar-refractivity contribution in [3.8, 4) is 11.5 Å².